The number of phosphoric ester groups is 1. The molecule has 10 heteroatoms. The fourth-order valence-corrected chi connectivity index (χ4v) is 5.13. The number of nitrogens with one attached hydrogen (secondary N) is 1. The fraction of sp³-hybridized carbons (Fsp3) is 0.875. The van der Waals surface area contributed by atoms with Gasteiger partial charge in [-0.15, -0.1) is 0 Å². The van der Waals surface area contributed by atoms with Gasteiger partial charge in [-0.3, -0.25) is 18.6 Å². The van der Waals surface area contributed by atoms with E-state index in [-0.39, 0.29) is 32.1 Å². The van der Waals surface area contributed by atoms with Crippen molar-refractivity contribution in [1.82, 2.24) is 5.32 Å². The number of ether oxygens (including phenoxy) is 1. The second-order valence-electron chi connectivity index (χ2n) is 11.1. The number of rotatable bonds is 31. The molecular weight excluding hydrogens is 557 g/mol. The lowest BCUT2D eigenvalue weighted by atomic mass is 10.1. The third kappa shape index (κ3) is 30.2. The van der Waals surface area contributed by atoms with Crippen molar-refractivity contribution >= 4 is 19.7 Å². The van der Waals surface area contributed by atoms with Crippen molar-refractivity contribution in [3.8, 4) is 0 Å². The van der Waals surface area contributed by atoms with E-state index < -0.39 is 26.5 Å². The summed E-state index contributed by atoms with van der Waals surface area (Å²) >= 11 is 0. The minimum absolute atomic E-state index is 0.0797. The Morgan fingerprint density at radius 1 is 0.714 bits per heavy atom. The van der Waals surface area contributed by atoms with E-state index >= 15 is 0 Å². The molecule has 0 aliphatic carbocycles. The zero-order chi connectivity index (χ0) is 31.2. The average Bonchev–Trinajstić information content (AvgIpc) is 2.97. The molecule has 0 bridgehead atoms. The van der Waals surface area contributed by atoms with Crippen molar-refractivity contribution in [3.63, 3.8) is 0 Å². The Labute approximate surface area is 256 Å². The van der Waals surface area contributed by atoms with Crippen LogP contribution in [-0.4, -0.2) is 54.3 Å². The minimum Gasteiger partial charge on any atom is -0.463 e. The number of carbonyl (C=O) groups is 2. The van der Waals surface area contributed by atoms with Gasteiger partial charge in [0.25, 0.3) is 0 Å². The van der Waals surface area contributed by atoms with E-state index in [1.54, 1.807) is 0 Å². The van der Waals surface area contributed by atoms with Gasteiger partial charge < -0.3 is 20.1 Å². The first kappa shape index (κ1) is 40.8. The van der Waals surface area contributed by atoms with E-state index in [0.717, 1.165) is 57.8 Å². The fourth-order valence-electron chi connectivity index (χ4n) is 4.37. The molecule has 0 heterocycles. The van der Waals surface area contributed by atoms with Crippen LogP contribution in [0.1, 0.15) is 149 Å². The van der Waals surface area contributed by atoms with Crippen LogP contribution in [-0.2, 0) is 27.9 Å². The predicted octanol–water partition coefficient (Wildman–Crippen LogP) is 7.93. The quantitative estimate of drug-likeness (QED) is 0.0309. The van der Waals surface area contributed by atoms with Crippen molar-refractivity contribution in [2.75, 3.05) is 26.4 Å². The van der Waals surface area contributed by atoms with Crippen LogP contribution in [0.15, 0.2) is 12.2 Å². The van der Waals surface area contributed by atoms with Crippen molar-refractivity contribution < 1.29 is 37.9 Å². The summed E-state index contributed by atoms with van der Waals surface area (Å²) in [5, 5.41) is 12.5. The van der Waals surface area contributed by atoms with Crippen molar-refractivity contribution in [2.24, 2.45) is 0 Å². The molecule has 3 N–H and O–H groups in total. The Bertz CT molecular complexity index is 719. The van der Waals surface area contributed by atoms with Crippen LogP contribution in [0.5, 0.6) is 0 Å². The highest BCUT2D eigenvalue weighted by Gasteiger charge is 2.23. The van der Waals surface area contributed by atoms with Gasteiger partial charge in [0.15, 0.2) is 0 Å². The summed E-state index contributed by atoms with van der Waals surface area (Å²) in [7, 11) is -4.39. The molecule has 0 aromatic rings. The zero-order valence-corrected chi connectivity index (χ0v) is 27.6. The minimum atomic E-state index is -4.39. The van der Waals surface area contributed by atoms with Gasteiger partial charge in [0.2, 0.25) is 5.91 Å². The number of aliphatic hydroxyl groups excluding tert-OH is 1. The largest absolute Gasteiger partial charge is 0.472 e. The van der Waals surface area contributed by atoms with E-state index in [0.29, 0.717) is 6.42 Å². The maximum atomic E-state index is 12.0. The van der Waals surface area contributed by atoms with Crippen LogP contribution in [0.25, 0.3) is 0 Å². The Kier molecular flexibility index (Phi) is 28.9. The van der Waals surface area contributed by atoms with E-state index in [9.17, 15) is 24.2 Å². The summed E-state index contributed by atoms with van der Waals surface area (Å²) in [5.74, 6) is -0.537. The van der Waals surface area contributed by atoms with Crippen LogP contribution in [0, 0.1) is 0 Å². The van der Waals surface area contributed by atoms with E-state index in [4.69, 9.17) is 13.8 Å². The molecule has 42 heavy (non-hydrogen) atoms. The summed E-state index contributed by atoms with van der Waals surface area (Å²) in [5.41, 5.74) is 0. The van der Waals surface area contributed by atoms with Crippen LogP contribution in [0.2, 0.25) is 0 Å². The number of amides is 1. The maximum Gasteiger partial charge on any atom is 0.472 e. The maximum absolute atomic E-state index is 12.0. The van der Waals surface area contributed by atoms with Gasteiger partial charge in [0.05, 0.1) is 13.2 Å². The van der Waals surface area contributed by atoms with Crippen molar-refractivity contribution in [1.29, 1.82) is 0 Å². The molecule has 0 aromatic heterocycles. The summed E-state index contributed by atoms with van der Waals surface area (Å²) in [4.78, 5) is 33.4. The Morgan fingerprint density at radius 2 is 1.21 bits per heavy atom. The van der Waals surface area contributed by atoms with E-state index in [2.05, 4.69) is 31.3 Å². The van der Waals surface area contributed by atoms with Crippen molar-refractivity contribution in [2.45, 2.75) is 155 Å². The Morgan fingerprint density at radius 3 is 1.79 bits per heavy atom. The second kappa shape index (κ2) is 29.8. The highest BCUT2D eigenvalue weighted by Crippen LogP contribution is 2.42. The molecule has 2 atom stereocenters. The number of esters is 1. The lowest BCUT2D eigenvalue weighted by molar-refractivity contribution is -0.147. The summed E-state index contributed by atoms with van der Waals surface area (Å²) in [6, 6.07) is 0. The molecule has 0 saturated heterocycles. The number of hydrogen-bond acceptors (Lipinski definition) is 7. The first-order chi connectivity index (χ1) is 20.3. The Balaban J connectivity index is 3.61. The number of hydrogen-bond donors (Lipinski definition) is 3. The van der Waals surface area contributed by atoms with Gasteiger partial charge in [-0.2, -0.15) is 0 Å². The van der Waals surface area contributed by atoms with Crippen molar-refractivity contribution in [3.05, 3.63) is 12.2 Å². The molecule has 0 aromatic carbocycles. The molecule has 0 rings (SSSR count). The topological polar surface area (TPSA) is 131 Å². The van der Waals surface area contributed by atoms with Gasteiger partial charge in [-0.25, -0.2) is 4.57 Å². The van der Waals surface area contributed by atoms with Crippen LogP contribution < -0.4 is 5.32 Å². The molecule has 248 valence electrons. The number of phosphoric acid groups is 1. The number of unbranched alkanes of at least 4 members (excludes halogenated alkanes) is 16. The predicted molar refractivity (Wildman–Crippen MR) is 169 cm³/mol. The third-order valence-electron chi connectivity index (χ3n) is 6.95. The van der Waals surface area contributed by atoms with Gasteiger partial charge in [0, 0.05) is 19.4 Å². The van der Waals surface area contributed by atoms with Gasteiger partial charge in [-0.1, -0.05) is 109 Å². The van der Waals surface area contributed by atoms with Crippen LogP contribution in [0.4, 0.5) is 0 Å². The van der Waals surface area contributed by atoms with Crippen LogP contribution in [0.3, 0.4) is 0 Å². The normalized spacial score (nSPS) is 13.7. The molecule has 0 spiro atoms. The highest BCUT2D eigenvalue weighted by molar-refractivity contribution is 7.47. The highest BCUT2D eigenvalue weighted by atomic mass is 31.2. The first-order valence-electron chi connectivity index (χ1n) is 16.7. The first-order valence-corrected chi connectivity index (χ1v) is 18.2. The summed E-state index contributed by atoms with van der Waals surface area (Å²) in [6.07, 6.45) is 26.1. The standard InChI is InChI=1S/C32H62NO8P/c1-3-5-7-9-10-11-12-13-14-15-16-17-18-19-21-22-24-31(35)33-26-27-40-42(37,38)41-29-30(34)28-39-32(36)25-23-20-8-6-4-2/h14-15,30,34H,3-13,16-29H2,1-2H3,(H,33,35)(H,37,38)/b15-14-. The summed E-state index contributed by atoms with van der Waals surface area (Å²) in [6.45, 7) is 3.42. The molecule has 1 amide bonds. The molecule has 0 fully saturated rings. The molecule has 0 saturated carbocycles. The van der Waals surface area contributed by atoms with E-state index in [1.165, 1.54) is 64.2 Å². The number of carbonyl (C=O) groups excluding carboxylic acids is 2. The smallest absolute Gasteiger partial charge is 0.463 e. The van der Waals surface area contributed by atoms with Gasteiger partial charge >= 0.3 is 13.8 Å². The molecule has 2 unspecified atom stereocenters. The molecular formula is C32H62NO8P. The lowest BCUT2D eigenvalue weighted by Gasteiger charge is -2.15. The molecule has 0 aliphatic rings. The average molecular weight is 620 g/mol. The number of allylic oxidation sites excluding steroid dienone is 2. The second-order valence-corrected chi connectivity index (χ2v) is 12.6. The third-order valence-corrected chi connectivity index (χ3v) is 7.93. The van der Waals surface area contributed by atoms with Gasteiger partial charge in [0.1, 0.15) is 12.7 Å². The SMILES string of the molecule is CCCCCCCCC/C=C\CCCCCCCC(=O)NCCOP(=O)(O)OCC(O)COC(=O)CCCCCCC. The zero-order valence-electron chi connectivity index (χ0n) is 26.7. The Hall–Kier alpha value is -1.25. The monoisotopic (exact) mass is 619 g/mol. The van der Waals surface area contributed by atoms with Crippen LogP contribution >= 0.6 is 7.82 Å². The lowest BCUT2D eigenvalue weighted by Crippen LogP contribution is -2.27. The molecule has 9 nitrogen and oxygen atoms in total. The molecule has 0 aliphatic heterocycles. The van der Waals surface area contributed by atoms with Gasteiger partial charge in [-0.05, 0) is 38.5 Å². The summed E-state index contributed by atoms with van der Waals surface area (Å²) < 4.78 is 26.5. The molecule has 0 radical (unpaired) electrons. The van der Waals surface area contributed by atoms with E-state index in [1.807, 2.05) is 0 Å². The number of aliphatic hydroxyl groups is 1.